The molecule has 188 valence electrons. The largest absolute Gasteiger partial charge is 0.494 e. The highest BCUT2D eigenvalue weighted by Gasteiger charge is 2.18. The molecule has 2 amide bonds. The van der Waals surface area contributed by atoms with Gasteiger partial charge in [0.05, 0.1) is 31.7 Å². The van der Waals surface area contributed by atoms with Gasteiger partial charge in [-0.05, 0) is 61.9 Å². The number of amides is 2. The Morgan fingerprint density at radius 2 is 1.50 bits per heavy atom. The second-order valence-electron chi connectivity index (χ2n) is 8.79. The van der Waals surface area contributed by atoms with E-state index < -0.39 is 0 Å². The van der Waals surface area contributed by atoms with Gasteiger partial charge in [-0.3, -0.25) is 9.59 Å². The summed E-state index contributed by atoms with van der Waals surface area (Å²) < 4.78 is 17.0. The van der Waals surface area contributed by atoms with E-state index in [9.17, 15) is 9.59 Å². The van der Waals surface area contributed by atoms with E-state index in [1.807, 2.05) is 30.3 Å². The first-order valence-electron chi connectivity index (χ1n) is 12.2. The molecular weight excluding hydrogens is 456 g/mol. The molecule has 4 rings (SSSR count). The van der Waals surface area contributed by atoms with E-state index in [1.54, 1.807) is 36.4 Å². The van der Waals surface area contributed by atoms with Crippen LogP contribution in [0.25, 0.3) is 0 Å². The fourth-order valence-electron chi connectivity index (χ4n) is 4.32. The molecule has 0 heterocycles. The molecule has 0 bridgehead atoms. The number of hydrogen-bond acceptors (Lipinski definition) is 5. The molecule has 1 aliphatic rings. The third-order valence-corrected chi connectivity index (χ3v) is 6.22. The lowest BCUT2D eigenvalue weighted by Gasteiger charge is -2.16. The van der Waals surface area contributed by atoms with Crippen molar-refractivity contribution >= 4 is 23.2 Å². The average Bonchev–Trinajstić information content (AvgIpc) is 3.41. The molecule has 0 radical (unpaired) electrons. The average molecular weight is 489 g/mol. The molecule has 1 aliphatic carbocycles. The lowest BCUT2D eigenvalue weighted by atomic mass is 10.1. The highest BCUT2D eigenvalue weighted by molar-refractivity contribution is 6.05. The topological polar surface area (TPSA) is 85.9 Å². The molecule has 0 atom stereocenters. The van der Waals surface area contributed by atoms with E-state index in [-0.39, 0.29) is 11.8 Å². The normalized spacial score (nSPS) is 13.2. The summed E-state index contributed by atoms with van der Waals surface area (Å²) in [4.78, 5) is 25.4. The molecule has 0 aromatic heterocycles. The Morgan fingerprint density at radius 3 is 2.17 bits per heavy atom. The van der Waals surface area contributed by atoms with E-state index in [0.717, 1.165) is 24.2 Å². The summed E-state index contributed by atoms with van der Waals surface area (Å²) in [5.41, 5.74) is 2.48. The monoisotopic (exact) mass is 488 g/mol. The maximum absolute atomic E-state index is 12.8. The SMILES string of the molecule is COc1cc(NC(=O)c2ccccc2)c(OC)cc1NC(=O)CCc1cccc(OC2CCCC2)c1. The fourth-order valence-corrected chi connectivity index (χ4v) is 4.32. The first-order chi connectivity index (χ1) is 17.6. The van der Waals surface area contributed by atoms with E-state index >= 15 is 0 Å². The third-order valence-electron chi connectivity index (χ3n) is 6.22. The molecule has 0 saturated heterocycles. The second kappa shape index (κ2) is 12.1. The number of anilines is 2. The summed E-state index contributed by atoms with van der Waals surface area (Å²) in [6.45, 7) is 0. The van der Waals surface area contributed by atoms with Gasteiger partial charge in [0, 0.05) is 24.1 Å². The number of carbonyl (C=O) groups excluding carboxylic acids is 2. The molecule has 3 aromatic rings. The van der Waals surface area contributed by atoms with Crippen LogP contribution >= 0.6 is 0 Å². The molecule has 0 aliphatic heterocycles. The van der Waals surface area contributed by atoms with Gasteiger partial charge in [-0.2, -0.15) is 0 Å². The van der Waals surface area contributed by atoms with Gasteiger partial charge in [-0.15, -0.1) is 0 Å². The van der Waals surface area contributed by atoms with Crippen LogP contribution in [0.2, 0.25) is 0 Å². The van der Waals surface area contributed by atoms with Gasteiger partial charge in [0.1, 0.15) is 17.2 Å². The number of aryl methyl sites for hydroxylation is 1. The van der Waals surface area contributed by atoms with Gasteiger partial charge >= 0.3 is 0 Å². The number of benzene rings is 3. The summed E-state index contributed by atoms with van der Waals surface area (Å²) in [5.74, 6) is 1.26. The molecular formula is C29H32N2O5. The fraction of sp³-hybridized carbons (Fsp3) is 0.310. The lowest BCUT2D eigenvalue weighted by molar-refractivity contribution is -0.116. The Hall–Kier alpha value is -4.00. The lowest BCUT2D eigenvalue weighted by Crippen LogP contribution is -2.15. The van der Waals surface area contributed by atoms with Crippen LogP contribution in [-0.4, -0.2) is 32.1 Å². The van der Waals surface area contributed by atoms with Gasteiger partial charge in [0.25, 0.3) is 5.91 Å². The number of carbonyl (C=O) groups is 2. The zero-order valence-corrected chi connectivity index (χ0v) is 20.7. The quantitative estimate of drug-likeness (QED) is 0.374. The van der Waals surface area contributed by atoms with Crippen molar-refractivity contribution < 1.29 is 23.8 Å². The molecule has 3 aromatic carbocycles. The van der Waals surface area contributed by atoms with Crippen molar-refractivity contribution in [2.24, 2.45) is 0 Å². The van der Waals surface area contributed by atoms with Crippen molar-refractivity contribution in [2.75, 3.05) is 24.9 Å². The molecule has 1 saturated carbocycles. The van der Waals surface area contributed by atoms with Crippen LogP contribution in [0.1, 0.15) is 48.0 Å². The molecule has 0 spiro atoms. The van der Waals surface area contributed by atoms with Gasteiger partial charge in [0.15, 0.2) is 0 Å². The van der Waals surface area contributed by atoms with Crippen molar-refractivity contribution in [3.63, 3.8) is 0 Å². The summed E-state index contributed by atoms with van der Waals surface area (Å²) in [5, 5.41) is 5.75. The Morgan fingerprint density at radius 1 is 0.833 bits per heavy atom. The summed E-state index contributed by atoms with van der Waals surface area (Å²) in [7, 11) is 3.02. The smallest absolute Gasteiger partial charge is 0.255 e. The summed E-state index contributed by atoms with van der Waals surface area (Å²) in [6, 6.07) is 20.1. The van der Waals surface area contributed by atoms with E-state index in [2.05, 4.69) is 10.6 Å². The molecule has 0 unspecified atom stereocenters. The minimum absolute atomic E-state index is 0.154. The Kier molecular flexibility index (Phi) is 8.44. The van der Waals surface area contributed by atoms with Crippen molar-refractivity contribution in [2.45, 2.75) is 44.6 Å². The number of nitrogens with one attached hydrogen (secondary N) is 2. The van der Waals surface area contributed by atoms with E-state index in [4.69, 9.17) is 14.2 Å². The molecule has 7 nitrogen and oxygen atoms in total. The highest BCUT2D eigenvalue weighted by Crippen LogP contribution is 2.37. The van der Waals surface area contributed by atoms with Crippen LogP contribution < -0.4 is 24.8 Å². The predicted octanol–water partition coefficient (Wildman–Crippen LogP) is 5.85. The Balaban J connectivity index is 1.39. The standard InChI is InChI=1S/C29H32N2O5/c1-34-26-19-25(31-29(33)21-10-4-3-5-11-21)27(35-2)18-24(26)30-28(32)16-15-20-9-8-14-23(17-20)36-22-12-6-7-13-22/h3-5,8-11,14,17-19,22H,6-7,12-13,15-16H2,1-2H3,(H,30,32)(H,31,33). The van der Waals surface area contributed by atoms with Gasteiger partial charge in [0.2, 0.25) is 5.91 Å². The molecule has 36 heavy (non-hydrogen) atoms. The molecule has 7 heteroatoms. The first-order valence-corrected chi connectivity index (χ1v) is 12.2. The predicted molar refractivity (Wildman–Crippen MR) is 140 cm³/mol. The van der Waals surface area contributed by atoms with Crippen LogP contribution in [-0.2, 0) is 11.2 Å². The maximum Gasteiger partial charge on any atom is 0.255 e. The van der Waals surface area contributed by atoms with Crippen LogP contribution in [0.15, 0.2) is 66.7 Å². The third kappa shape index (κ3) is 6.56. The Labute approximate surface area is 211 Å². The minimum atomic E-state index is -0.271. The minimum Gasteiger partial charge on any atom is -0.494 e. The van der Waals surface area contributed by atoms with Crippen LogP contribution in [0.4, 0.5) is 11.4 Å². The van der Waals surface area contributed by atoms with Crippen molar-refractivity contribution in [1.82, 2.24) is 0 Å². The molecule has 1 fully saturated rings. The van der Waals surface area contributed by atoms with Crippen molar-refractivity contribution in [1.29, 1.82) is 0 Å². The summed E-state index contributed by atoms with van der Waals surface area (Å²) >= 11 is 0. The maximum atomic E-state index is 12.8. The van der Waals surface area contributed by atoms with Gasteiger partial charge in [-0.1, -0.05) is 30.3 Å². The van der Waals surface area contributed by atoms with Gasteiger partial charge < -0.3 is 24.8 Å². The Bertz CT molecular complexity index is 1190. The van der Waals surface area contributed by atoms with Crippen molar-refractivity contribution in [3.05, 3.63) is 77.9 Å². The molecule has 2 N–H and O–H groups in total. The van der Waals surface area contributed by atoms with Crippen LogP contribution in [0.5, 0.6) is 17.2 Å². The first kappa shape index (κ1) is 25.1. The zero-order chi connectivity index (χ0) is 25.3. The number of hydrogen-bond donors (Lipinski definition) is 2. The van der Waals surface area contributed by atoms with Crippen molar-refractivity contribution in [3.8, 4) is 17.2 Å². The highest BCUT2D eigenvalue weighted by atomic mass is 16.5. The zero-order valence-electron chi connectivity index (χ0n) is 20.7. The number of ether oxygens (including phenoxy) is 3. The van der Waals surface area contributed by atoms with E-state index in [0.29, 0.717) is 47.4 Å². The number of rotatable bonds is 10. The van der Waals surface area contributed by atoms with Crippen LogP contribution in [0, 0.1) is 0 Å². The number of methoxy groups -OCH3 is 2. The summed E-state index contributed by atoms with van der Waals surface area (Å²) in [6.07, 6.45) is 5.83. The second-order valence-corrected chi connectivity index (χ2v) is 8.79. The van der Waals surface area contributed by atoms with Gasteiger partial charge in [-0.25, -0.2) is 0 Å². The van der Waals surface area contributed by atoms with Crippen LogP contribution in [0.3, 0.4) is 0 Å². The van der Waals surface area contributed by atoms with E-state index in [1.165, 1.54) is 27.1 Å².